The number of aryl methyl sites for hydroxylation is 1. The van der Waals surface area contributed by atoms with Crippen LogP contribution >= 0.6 is 0 Å². The van der Waals surface area contributed by atoms with Crippen molar-refractivity contribution in [2.45, 2.75) is 38.5 Å². The van der Waals surface area contributed by atoms with Gasteiger partial charge in [-0.15, -0.1) is 0 Å². The zero-order valence-electron chi connectivity index (χ0n) is 21.0. The largest absolute Gasteiger partial charge is 1.00 e. The summed E-state index contributed by atoms with van der Waals surface area (Å²) in [6.07, 6.45) is 18.9. The molecule has 4 rings (SSSR count). The predicted molar refractivity (Wildman–Crippen MR) is 141 cm³/mol. The second-order valence-electron chi connectivity index (χ2n) is 8.87. The minimum Gasteiger partial charge on any atom is -1.00 e. The Morgan fingerprint density at radius 3 is 2.57 bits per heavy atom. The number of halogens is 3. The Labute approximate surface area is 224 Å². The molecule has 1 aromatic carbocycles. The van der Waals surface area contributed by atoms with Crippen molar-refractivity contribution in [1.29, 1.82) is 0 Å². The molecule has 0 bridgehead atoms. The maximum Gasteiger partial charge on any atom is 0.846 e. The molecule has 196 valence electrons. The number of unbranched alkanes of at least 4 members (excludes halogenated alkanes) is 3. The fourth-order valence-electron chi connectivity index (χ4n) is 4.43. The van der Waals surface area contributed by atoms with E-state index in [1.807, 2.05) is 85.0 Å². The Morgan fingerprint density at radius 1 is 1.03 bits per heavy atom. The number of allylic oxidation sites excluding steroid dienone is 5. The fourth-order valence-corrected chi connectivity index (χ4v) is 4.43. The fraction of sp³-hybridized carbons (Fsp3) is 0.286. The molecule has 2 aromatic rings. The van der Waals surface area contributed by atoms with E-state index in [0.29, 0.717) is 19.4 Å². The van der Waals surface area contributed by atoms with Crippen molar-refractivity contribution >= 4 is 31.0 Å². The van der Waals surface area contributed by atoms with Crippen molar-refractivity contribution in [3.63, 3.8) is 0 Å². The number of rotatable bonds is 12. The average Bonchev–Trinajstić information content (AvgIpc) is 3.48. The summed E-state index contributed by atoms with van der Waals surface area (Å²) in [6.45, 7) is 1.66. The molecule has 37 heavy (non-hydrogen) atoms. The van der Waals surface area contributed by atoms with Crippen molar-refractivity contribution < 1.29 is 36.4 Å². The van der Waals surface area contributed by atoms with Gasteiger partial charge in [-0.1, -0.05) is 55.0 Å². The summed E-state index contributed by atoms with van der Waals surface area (Å²) in [5.74, 6) is 0.0170. The highest BCUT2D eigenvalue weighted by Gasteiger charge is 2.47. The van der Waals surface area contributed by atoms with E-state index in [2.05, 4.69) is 11.1 Å². The smallest absolute Gasteiger partial charge is 0.846 e. The first-order valence-electron chi connectivity index (χ1n) is 12.5. The second kappa shape index (κ2) is 15.1. The van der Waals surface area contributed by atoms with Crippen LogP contribution in [0.5, 0.6) is 0 Å². The van der Waals surface area contributed by atoms with Gasteiger partial charge in [0.05, 0.1) is 6.54 Å². The number of quaternary nitrogens is 1. The van der Waals surface area contributed by atoms with Crippen LogP contribution in [0.4, 0.5) is 4.32 Å². The lowest BCUT2D eigenvalue weighted by atomic mass is 9.96. The highest BCUT2D eigenvalue weighted by molar-refractivity contribution is 6.43. The third-order valence-corrected chi connectivity index (χ3v) is 6.31. The molecule has 9 heteroatoms. The number of aromatic nitrogens is 1. The lowest BCUT2D eigenvalue weighted by Crippen LogP contribution is -3.00. The second-order valence-corrected chi connectivity index (χ2v) is 8.87. The lowest BCUT2D eigenvalue weighted by molar-refractivity contribution is -0.368. The molecule has 0 fully saturated rings. The number of nitrogens with one attached hydrogen (secondary N) is 1. The van der Waals surface area contributed by atoms with E-state index in [0.717, 1.165) is 60.6 Å². The molecule has 1 amide bonds. The molecule has 5 nitrogen and oxygen atoms in total. The van der Waals surface area contributed by atoms with Gasteiger partial charge in [0.15, 0.2) is 11.4 Å². The summed E-state index contributed by atoms with van der Waals surface area (Å²) in [5, 5.41) is 2.99. The molecule has 4 N–H and O–H groups in total. The Bertz CT molecular complexity index is 1190. The van der Waals surface area contributed by atoms with Crippen molar-refractivity contribution in [2.24, 2.45) is 0 Å². The van der Waals surface area contributed by atoms with Gasteiger partial charge < -0.3 is 28.2 Å². The van der Waals surface area contributed by atoms with Gasteiger partial charge in [0.1, 0.15) is 0 Å². The van der Waals surface area contributed by atoms with Crippen molar-refractivity contribution in [2.75, 3.05) is 13.1 Å². The number of benzene rings is 1. The van der Waals surface area contributed by atoms with Gasteiger partial charge in [0.25, 0.3) is 0 Å². The molecule has 3 heterocycles. The average molecular weight is 527 g/mol. The molecule has 0 atom stereocenters. The predicted octanol–water partition coefficient (Wildman–Crippen LogP) is -2.20. The first-order chi connectivity index (χ1) is 17.2. The van der Waals surface area contributed by atoms with Crippen LogP contribution in [0.1, 0.15) is 49.1 Å². The highest BCUT2D eigenvalue weighted by Crippen LogP contribution is 2.26. The number of carbonyl (C=O) groups excluding carboxylic acids is 1. The van der Waals surface area contributed by atoms with Gasteiger partial charge in [0.2, 0.25) is 5.91 Å². The van der Waals surface area contributed by atoms with Crippen molar-refractivity contribution in [3.05, 3.63) is 95.5 Å². The number of amides is 1. The Kier molecular flexibility index (Phi) is 12.3. The van der Waals surface area contributed by atoms with Crippen LogP contribution < -0.4 is 28.2 Å². The normalized spacial score (nSPS) is 13.9. The maximum atomic E-state index is 15.8. The van der Waals surface area contributed by atoms with E-state index in [9.17, 15) is 4.79 Å². The molecule has 0 saturated carbocycles. The summed E-state index contributed by atoms with van der Waals surface area (Å²) >= 11 is 0. The van der Waals surface area contributed by atoms with E-state index in [-0.39, 0.29) is 23.0 Å². The summed E-state index contributed by atoms with van der Waals surface area (Å²) in [5.41, 5.74) is 8.24. The topological polar surface area (TPSA) is 64.7 Å². The van der Waals surface area contributed by atoms with E-state index in [1.54, 1.807) is 8.96 Å². The molecule has 1 aromatic heterocycles. The summed E-state index contributed by atoms with van der Waals surface area (Å²) in [4.78, 5) is 12.3. The molecule has 2 aliphatic heterocycles. The zero-order chi connectivity index (χ0) is 24.5. The molecule has 0 spiro atoms. The minimum absolute atomic E-state index is 0. The molecular weight excluding hydrogens is 493 g/mol. The van der Waals surface area contributed by atoms with E-state index < -0.39 is 7.26 Å². The van der Waals surface area contributed by atoms with Crippen LogP contribution in [0.15, 0.2) is 78.5 Å². The first-order valence-corrected chi connectivity index (χ1v) is 12.5. The van der Waals surface area contributed by atoms with Gasteiger partial charge in [-0.3, -0.25) is 9.27 Å². The Hall–Kier alpha value is -3.23. The monoisotopic (exact) mass is 526 g/mol. The molecular formula is C28H34BClF2N4O. The maximum absolute atomic E-state index is 15.8. The van der Waals surface area contributed by atoms with Crippen LogP contribution in [0.2, 0.25) is 0 Å². The van der Waals surface area contributed by atoms with E-state index in [1.165, 1.54) is 0 Å². The van der Waals surface area contributed by atoms with Gasteiger partial charge in [-0.05, 0) is 43.4 Å². The van der Waals surface area contributed by atoms with Gasteiger partial charge in [-0.25, -0.2) is 8.80 Å². The number of carbonyl (C=O) groups is 1. The summed E-state index contributed by atoms with van der Waals surface area (Å²) in [6, 6.07) is 13.9. The zero-order valence-corrected chi connectivity index (χ0v) is 21.7. The molecule has 0 radical (unpaired) electrons. The van der Waals surface area contributed by atoms with Crippen LogP contribution in [0.25, 0.3) is 12.2 Å². The first kappa shape index (κ1) is 30.0. The summed E-state index contributed by atoms with van der Waals surface area (Å²) < 4.78 is 19.1. The number of fused-ring (bicyclic) bond motifs is 2. The number of nitrogens with zero attached hydrogens (tertiary/aromatic N) is 2. The molecule has 0 aliphatic carbocycles. The summed E-state index contributed by atoms with van der Waals surface area (Å²) in [7, 11) is -1.35. The Balaban J connectivity index is 0.00000241. The minimum atomic E-state index is -1.35. The van der Waals surface area contributed by atoms with Crippen LogP contribution in [0, 0.1) is 0 Å². The third kappa shape index (κ3) is 7.88. The SMILES string of the molecule is [Cl-].[F-].[NH3+]CCCCCCNC(=O)CCc1ccc2n1B(F)[N+]1=C(/C=C/C=C/c3ccccc3)C=CC1=C2. The third-order valence-electron chi connectivity index (χ3n) is 6.31. The molecule has 2 aliphatic rings. The van der Waals surface area contributed by atoms with Gasteiger partial charge in [0, 0.05) is 48.7 Å². The molecule has 0 unspecified atom stereocenters. The van der Waals surface area contributed by atoms with Gasteiger partial charge in [-0.2, -0.15) is 0 Å². The standard InChI is InChI=1S/C28H32BFN4O.ClH.FH/c30-29-33-24(13-7-6-12-23-10-4-3-5-11-23)14-16-26(33)22-27-17-15-25(34(27)29)18-19-28(35)32-21-9-2-1-8-20-31;;/h3-7,10-17,22H,1-2,8-9,18-21,31H2;2*1H/b12-6+,13-7+;;. The number of hydrogen-bond donors (Lipinski definition) is 2. The van der Waals surface area contributed by atoms with Crippen molar-refractivity contribution in [3.8, 4) is 0 Å². The molecule has 0 saturated heterocycles. The van der Waals surface area contributed by atoms with Crippen LogP contribution in [-0.4, -0.2) is 40.9 Å². The van der Waals surface area contributed by atoms with Crippen molar-refractivity contribution in [1.82, 2.24) is 9.79 Å². The lowest BCUT2D eigenvalue weighted by Gasteiger charge is -2.15. The highest BCUT2D eigenvalue weighted by atomic mass is 35.5. The van der Waals surface area contributed by atoms with E-state index >= 15 is 4.32 Å². The van der Waals surface area contributed by atoms with Gasteiger partial charge >= 0.3 is 7.26 Å². The quantitative estimate of drug-likeness (QED) is 0.184. The van der Waals surface area contributed by atoms with Crippen LogP contribution in [0.3, 0.4) is 0 Å². The Morgan fingerprint density at radius 2 is 1.78 bits per heavy atom. The van der Waals surface area contributed by atoms with Crippen LogP contribution in [-0.2, 0) is 11.2 Å². The van der Waals surface area contributed by atoms with E-state index in [4.69, 9.17) is 0 Å². The number of hydrogen-bond acceptors (Lipinski definition) is 1.